The zero-order chi connectivity index (χ0) is 49.6. The van der Waals surface area contributed by atoms with Crippen LogP contribution in [0, 0.1) is 10.8 Å². The van der Waals surface area contributed by atoms with Crippen LogP contribution >= 0.6 is 0 Å². The van der Waals surface area contributed by atoms with Crippen molar-refractivity contribution in [3.63, 3.8) is 0 Å². The molecule has 0 aliphatic heterocycles. The van der Waals surface area contributed by atoms with Gasteiger partial charge in [0.2, 0.25) is 0 Å². The number of anilines is 6. The molecular formula is C68H72N2. The third kappa shape index (κ3) is 10.5. The molecule has 0 heterocycles. The Morgan fingerprint density at radius 3 is 0.957 bits per heavy atom. The number of hydrogen-bond donors (Lipinski definition) is 0. The Balaban J connectivity index is 1.35. The van der Waals surface area contributed by atoms with Crippen molar-refractivity contribution in [1.29, 1.82) is 0 Å². The van der Waals surface area contributed by atoms with Crippen LogP contribution in [0.3, 0.4) is 0 Å². The summed E-state index contributed by atoms with van der Waals surface area (Å²) in [6, 6.07) is 73.2. The lowest BCUT2D eigenvalue weighted by Crippen LogP contribution is -2.15. The van der Waals surface area contributed by atoms with Crippen LogP contribution in [0.4, 0.5) is 34.1 Å². The fraction of sp³-hybridized carbons (Fsp3) is 0.265. The first-order valence-electron chi connectivity index (χ1n) is 25.3. The van der Waals surface area contributed by atoms with Gasteiger partial charge in [0.25, 0.3) is 0 Å². The molecule has 0 spiro atoms. The van der Waals surface area contributed by atoms with Crippen LogP contribution in [0.15, 0.2) is 194 Å². The summed E-state index contributed by atoms with van der Waals surface area (Å²) in [6.45, 7) is 27.8. The van der Waals surface area contributed by atoms with Gasteiger partial charge in [0.1, 0.15) is 0 Å². The van der Waals surface area contributed by atoms with E-state index in [0.29, 0.717) is 0 Å². The molecule has 0 atom stereocenters. The van der Waals surface area contributed by atoms with Crippen LogP contribution in [0.2, 0.25) is 0 Å². The topological polar surface area (TPSA) is 6.48 Å². The molecule has 70 heavy (non-hydrogen) atoms. The van der Waals surface area contributed by atoms with Crippen LogP contribution < -0.4 is 9.80 Å². The Labute approximate surface area is 419 Å². The van der Waals surface area contributed by atoms with Crippen molar-refractivity contribution in [2.75, 3.05) is 9.80 Å². The molecule has 2 nitrogen and oxygen atoms in total. The van der Waals surface area contributed by atoms with Crippen molar-refractivity contribution >= 4 is 55.7 Å². The molecule has 0 saturated heterocycles. The van der Waals surface area contributed by atoms with E-state index in [1.165, 1.54) is 66.1 Å². The van der Waals surface area contributed by atoms with Gasteiger partial charge in [0, 0.05) is 34.1 Å². The van der Waals surface area contributed by atoms with Gasteiger partial charge < -0.3 is 9.80 Å². The highest BCUT2D eigenvalue weighted by molar-refractivity contribution is 6.22. The van der Waals surface area contributed by atoms with Crippen molar-refractivity contribution in [1.82, 2.24) is 0 Å². The summed E-state index contributed by atoms with van der Waals surface area (Å²) in [7, 11) is 0. The molecule has 0 amide bonds. The van der Waals surface area contributed by atoms with Gasteiger partial charge in [-0.05, 0) is 173 Å². The molecule has 354 valence electrons. The van der Waals surface area contributed by atoms with Gasteiger partial charge in [-0.25, -0.2) is 0 Å². The number of hydrogen-bond acceptors (Lipinski definition) is 2. The quantitative estimate of drug-likeness (QED) is 0.126. The summed E-state index contributed by atoms with van der Waals surface area (Å²) in [5.41, 5.74) is 17.3. The smallest absolute Gasteiger partial charge is 0.0468 e. The molecule has 2 heteroatoms. The monoisotopic (exact) mass is 917 g/mol. The Hall–Kier alpha value is -6.90. The highest BCUT2D eigenvalue weighted by atomic mass is 15.1. The van der Waals surface area contributed by atoms with E-state index in [0.717, 1.165) is 47.0 Å². The second-order valence-corrected chi connectivity index (χ2v) is 24.0. The van der Waals surface area contributed by atoms with Gasteiger partial charge in [-0.1, -0.05) is 204 Å². The molecule has 0 aliphatic carbocycles. The average molecular weight is 917 g/mol. The molecule has 0 saturated carbocycles. The zero-order valence-electron chi connectivity index (χ0n) is 43.8. The molecule has 0 aromatic heterocycles. The highest BCUT2D eigenvalue weighted by Crippen LogP contribution is 2.49. The summed E-state index contributed by atoms with van der Waals surface area (Å²) in [5, 5.41) is 4.87. The average Bonchev–Trinajstić information content (AvgIpc) is 3.30. The van der Waals surface area contributed by atoms with Gasteiger partial charge in [-0.15, -0.1) is 0 Å². The fourth-order valence-corrected chi connectivity index (χ4v) is 10.3. The Morgan fingerprint density at radius 1 is 0.286 bits per heavy atom. The molecule has 9 rings (SSSR count). The first-order valence-corrected chi connectivity index (χ1v) is 25.3. The minimum atomic E-state index is -0.0117. The maximum atomic E-state index is 2.47. The van der Waals surface area contributed by atoms with Crippen molar-refractivity contribution < 1.29 is 0 Å². The van der Waals surface area contributed by atoms with Crippen molar-refractivity contribution in [2.45, 2.75) is 107 Å². The van der Waals surface area contributed by atoms with E-state index < -0.39 is 0 Å². The lowest BCUT2D eigenvalue weighted by Gasteiger charge is -2.30. The number of rotatable bonds is 10. The van der Waals surface area contributed by atoms with Crippen LogP contribution in [0.5, 0.6) is 0 Å². The molecule has 0 bridgehead atoms. The third-order valence-electron chi connectivity index (χ3n) is 13.5. The van der Waals surface area contributed by atoms with E-state index in [4.69, 9.17) is 0 Å². The highest BCUT2D eigenvalue weighted by Gasteiger charge is 2.25. The summed E-state index contributed by atoms with van der Waals surface area (Å²) in [4.78, 5) is 4.95. The van der Waals surface area contributed by atoms with Crippen LogP contribution in [0.1, 0.15) is 105 Å². The van der Waals surface area contributed by atoms with Crippen LogP contribution in [-0.4, -0.2) is 0 Å². The lowest BCUT2D eigenvalue weighted by atomic mass is 9.85. The summed E-state index contributed by atoms with van der Waals surface area (Å²) in [6.07, 6.45) is 1.98. The normalized spacial score (nSPS) is 12.4. The fourth-order valence-electron chi connectivity index (χ4n) is 10.3. The van der Waals surface area contributed by atoms with E-state index in [9.17, 15) is 0 Å². The minimum Gasteiger partial charge on any atom is -0.310 e. The summed E-state index contributed by atoms with van der Waals surface area (Å²) >= 11 is 0. The van der Waals surface area contributed by atoms with Gasteiger partial charge >= 0.3 is 0 Å². The maximum absolute atomic E-state index is 2.47. The lowest BCUT2D eigenvalue weighted by molar-refractivity contribution is 0.411. The number of fused-ring (bicyclic) bond motifs is 2. The maximum Gasteiger partial charge on any atom is 0.0468 e. The molecular weight excluding hydrogens is 845 g/mol. The molecule has 0 aliphatic rings. The molecule has 9 aromatic rings. The Morgan fingerprint density at radius 2 is 0.614 bits per heavy atom. The predicted molar refractivity (Wildman–Crippen MR) is 305 cm³/mol. The standard InChI is InChI=1S/C68H72N2/c1-65(2,3)45-47-23-19-31-53(39-47)69(55-33-21-29-51(41-55)67(7,8)9)57-35-37-59-61(43-57)63(49-25-15-13-16-26-49)60-38-36-58(44-62(60)64(59)50-27-17-14-18-28-50)70(56-34-22-30-52(42-56)68(10,11)12)54-32-20-24-48(40-54)46-66(4,5)6/h13-44H,45-46H2,1-12H3. The van der Waals surface area contributed by atoms with Crippen LogP contribution in [0.25, 0.3) is 43.8 Å². The Kier molecular flexibility index (Phi) is 12.9. The van der Waals surface area contributed by atoms with E-state index >= 15 is 0 Å². The van der Waals surface area contributed by atoms with Gasteiger partial charge in [-0.2, -0.15) is 0 Å². The van der Waals surface area contributed by atoms with E-state index in [2.05, 4.69) is 287 Å². The van der Waals surface area contributed by atoms with Crippen molar-refractivity contribution in [3.05, 3.63) is 216 Å². The molecule has 0 fully saturated rings. The van der Waals surface area contributed by atoms with E-state index in [1.807, 2.05) is 0 Å². The van der Waals surface area contributed by atoms with Crippen molar-refractivity contribution in [3.8, 4) is 22.3 Å². The van der Waals surface area contributed by atoms with E-state index in [1.54, 1.807) is 0 Å². The first-order chi connectivity index (χ1) is 33.2. The second kappa shape index (κ2) is 18.8. The molecule has 0 radical (unpaired) electrons. The summed E-state index contributed by atoms with van der Waals surface area (Å²) in [5.74, 6) is 0. The Bertz CT molecular complexity index is 3070. The molecule has 9 aromatic carbocycles. The second-order valence-electron chi connectivity index (χ2n) is 24.0. The molecule has 0 N–H and O–H groups in total. The molecule has 0 unspecified atom stereocenters. The first kappa shape index (κ1) is 48.1. The number of nitrogens with zero attached hydrogens (tertiary/aromatic N) is 2. The zero-order valence-corrected chi connectivity index (χ0v) is 43.8. The van der Waals surface area contributed by atoms with Crippen molar-refractivity contribution in [2.24, 2.45) is 10.8 Å². The minimum absolute atomic E-state index is 0.0117. The SMILES string of the molecule is CC(C)(C)Cc1cccc(N(c2cccc(C(C)(C)C)c2)c2ccc3c(-c4ccccc4)c4cc(N(c5cccc(CC(C)(C)C)c5)c5cccc(C(C)(C)C)c5)ccc4c(-c4ccccc4)c3c2)c1. The van der Waals surface area contributed by atoms with E-state index in [-0.39, 0.29) is 21.7 Å². The van der Waals surface area contributed by atoms with Gasteiger partial charge in [0.15, 0.2) is 0 Å². The third-order valence-corrected chi connectivity index (χ3v) is 13.5. The number of benzene rings is 9. The van der Waals surface area contributed by atoms with Gasteiger partial charge in [0.05, 0.1) is 0 Å². The van der Waals surface area contributed by atoms with Gasteiger partial charge in [-0.3, -0.25) is 0 Å². The summed E-state index contributed by atoms with van der Waals surface area (Å²) < 4.78 is 0. The predicted octanol–water partition coefficient (Wildman–Crippen LogP) is 20.0. The van der Waals surface area contributed by atoms with Crippen LogP contribution in [-0.2, 0) is 23.7 Å². The largest absolute Gasteiger partial charge is 0.310 e.